The number of carbonyl (C=O) groups excluding carboxylic acids is 2. The molecule has 1 aromatic heterocycles. The Morgan fingerprint density at radius 2 is 1.70 bits per heavy atom. The van der Waals surface area contributed by atoms with Crippen LogP contribution < -0.4 is 10.6 Å². The van der Waals surface area contributed by atoms with E-state index in [-0.39, 0.29) is 0 Å². The van der Waals surface area contributed by atoms with Crippen molar-refractivity contribution < 1.29 is 19.1 Å². The van der Waals surface area contributed by atoms with E-state index < -0.39 is 23.7 Å². The average Bonchev–Trinajstić information content (AvgIpc) is 2.78. The number of esters is 1. The smallest absolute Gasteiger partial charge is 0.412 e. The maximum absolute atomic E-state index is 12.4. The van der Waals surface area contributed by atoms with Crippen molar-refractivity contribution in [1.82, 2.24) is 9.97 Å². The summed E-state index contributed by atoms with van der Waals surface area (Å²) >= 11 is 0. The van der Waals surface area contributed by atoms with Gasteiger partial charge in [0, 0.05) is 18.1 Å². The molecule has 0 unspecified atom stereocenters. The lowest BCUT2D eigenvalue weighted by atomic mass is 10.1. The molecule has 1 amide bonds. The van der Waals surface area contributed by atoms with Gasteiger partial charge in [-0.25, -0.2) is 19.6 Å². The van der Waals surface area contributed by atoms with Gasteiger partial charge in [0.15, 0.2) is 0 Å². The molecule has 0 bridgehead atoms. The summed E-state index contributed by atoms with van der Waals surface area (Å²) in [5.74, 6) is 0.0596. The Labute approximate surface area is 193 Å². The summed E-state index contributed by atoms with van der Waals surface area (Å²) in [5, 5.41) is 5.91. The minimum Gasteiger partial charge on any atom is -0.467 e. The number of para-hydroxylation sites is 1. The molecule has 3 rings (SSSR count). The highest BCUT2D eigenvalue weighted by atomic mass is 16.6. The third-order valence-electron chi connectivity index (χ3n) is 4.60. The molecule has 0 aliphatic carbocycles. The molecule has 0 aliphatic heterocycles. The molecule has 33 heavy (non-hydrogen) atoms. The summed E-state index contributed by atoms with van der Waals surface area (Å²) in [7, 11) is 1.35. The Bertz CT molecular complexity index is 1100. The van der Waals surface area contributed by atoms with Gasteiger partial charge in [0.2, 0.25) is 0 Å². The molecule has 0 spiro atoms. The molecule has 0 saturated heterocycles. The summed E-state index contributed by atoms with van der Waals surface area (Å²) in [6.45, 7) is 5.40. The zero-order valence-corrected chi connectivity index (χ0v) is 19.2. The molecule has 2 N–H and O–H groups in total. The lowest BCUT2D eigenvalue weighted by Gasteiger charge is -2.20. The number of methoxy groups -OCH3 is 1. The van der Waals surface area contributed by atoms with Crippen molar-refractivity contribution in [2.45, 2.75) is 38.8 Å². The molecule has 1 heterocycles. The largest absolute Gasteiger partial charge is 0.467 e. The van der Waals surface area contributed by atoms with Crippen molar-refractivity contribution in [3.63, 3.8) is 0 Å². The van der Waals surface area contributed by atoms with E-state index in [4.69, 9.17) is 9.47 Å². The SMILES string of the molecule is COC(=O)[C@H](Cc1ccccc1)Nc1cc(-c2ccccc2NC(=O)OC(C)(C)C)ncn1. The second-order valence-electron chi connectivity index (χ2n) is 8.37. The molecule has 0 aliphatic rings. The first-order valence-electron chi connectivity index (χ1n) is 10.5. The van der Waals surface area contributed by atoms with Gasteiger partial charge >= 0.3 is 12.1 Å². The molecule has 0 fully saturated rings. The van der Waals surface area contributed by atoms with Crippen LogP contribution in [-0.4, -0.2) is 40.8 Å². The highest BCUT2D eigenvalue weighted by molar-refractivity contribution is 5.91. The Kier molecular flexibility index (Phi) is 7.61. The summed E-state index contributed by atoms with van der Waals surface area (Å²) in [6.07, 6.45) is 1.28. The molecule has 8 heteroatoms. The molecule has 1 atom stereocenters. The molecular weight excluding hydrogens is 420 g/mol. The number of carbonyl (C=O) groups is 2. The Morgan fingerprint density at radius 1 is 1.00 bits per heavy atom. The first-order chi connectivity index (χ1) is 15.7. The van der Waals surface area contributed by atoms with Crippen LogP contribution >= 0.6 is 0 Å². The zero-order valence-electron chi connectivity index (χ0n) is 19.2. The van der Waals surface area contributed by atoms with Crippen LogP contribution in [0.3, 0.4) is 0 Å². The zero-order chi connectivity index (χ0) is 23.8. The molecule has 0 radical (unpaired) electrons. The number of anilines is 2. The van der Waals surface area contributed by atoms with Crippen LogP contribution in [0.1, 0.15) is 26.3 Å². The second-order valence-corrected chi connectivity index (χ2v) is 8.37. The Hall–Kier alpha value is -3.94. The number of hydrogen-bond acceptors (Lipinski definition) is 7. The predicted octanol–water partition coefficient (Wildman–Crippen LogP) is 4.69. The Balaban J connectivity index is 1.83. The van der Waals surface area contributed by atoms with Gasteiger partial charge in [-0.2, -0.15) is 0 Å². The fourth-order valence-electron chi connectivity index (χ4n) is 3.18. The van der Waals surface area contributed by atoms with Gasteiger partial charge in [0.25, 0.3) is 0 Å². The van der Waals surface area contributed by atoms with Crippen LogP contribution in [0.15, 0.2) is 67.0 Å². The van der Waals surface area contributed by atoms with Crippen LogP contribution in [0.2, 0.25) is 0 Å². The highest BCUT2D eigenvalue weighted by Crippen LogP contribution is 2.28. The van der Waals surface area contributed by atoms with E-state index in [0.717, 1.165) is 5.56 Å². The number of ether oxygens (including phenoxy) is 2. The first-order valence-corrected chi connectivity index (χ1v) is 10.5. The fraction of sp³-hybridized carbons (Fsp3) is 0.280. The third kappa shape index (κ3) is 7.03. The van der Waals surface area contributed by atoms with Gasteiger partial charge in [0.1, 0.15) is 23.8 Å². The normalized spacial score (nSPS) is 11.9. The molecular formula is C25H28N4O4. The lowest BCUT2D eigenvalue weighted by molar-refractivity contribution is -0.141. The van der Waals surface area contributed by atoms with Gasteiger partial charge in [-0.05, 0) is 32.4 Å². The quantitative estimate of drug-likeness (QED) is 0.506. The van der Waals surface area contributed by atoms with Crippen LogP contribution in [-0.2, 0) is 20.7 Å². The van der Waals surface area contributed by atoms with Crippen LogP contribution in [0.5, 0.6) is 0 Å². The third-order valence-corrected chi connectivity index (χ3v) is 4.60. The van der Waals surface area contributed by atoms with Crippen molar-refractivity contribution in [2.24, 2.45) is 0 Å². The standard InChI is InChI=1S/C25H28N4O4/c1-25(2,3)33-24(31)29-19-13-9-8-12-18(19)20-15-22(27-16-26-20)28-21(23(30)32-4)14-17-10-6-5-7-11-17/h5-13,15-16,21H,14H2,1-4H3,(H,29,31)(H,26,27,28)/t21-/m0/s1. The van der Waals surface area contributed by atoms with E-state index in [0.29, 0.717) is 29.2 Å². The molecule has 2 aromatic carbocycles. The topological polar surface area (TPSA) is 102 Å². The molecule has 0 saturated carbocycles. The number of aromatic nitrogens is 2. The monoisotopic (exact) mass is 448 g/mol. The van der Waals surface area contributed by atoms with Crippen LogP contribution in [0.25, 0.3) is 11.3 Å². The number of rotatable bonds is 7. The molecule has 3 aromatic rings. The van der Waals surface area contributed by atoms with E-state index in [9.17, 15) is 9.59 Å². The van der Waals surface area contributed by atoms with Gasteiger partial charge in [-0.15, -0.1) is 0 Å². The van der Waals surface area contributed by atoms with Crippen molar-refractivity contribution in [2.75, 3.05) is 17.7 Å². The summed E-state index contributed by atoms with van der Waals surface area (Å²) < 4.78 is 10.3. The van der Waals surface area contributed by atoms with Crippen molar-refractivity contribution in [3.8, 4) is 11.3 Å². The fourth-order valence-corrected chi connectivity index (χ4v) is 3.18. The molecule has 8 nitrogen and oxygen atoms in total. The van der Waals surface area contributed by atoms with E-state index in [2.05, 4.69) is 20.6 Å². The van der Waals surface area contributed by atoms with Crippen molar-refractivity contribution in [3.05, 3.63) is 72.6 Å². The summed E-state index contributed by atoms with van der Waals surface area (Å²) in [6, 6.07) is 18.0. The average molecular weight is 449 g/mol. The van der Waals surface area contributed by atoms with E-state index in [1.54, 1.807) is 32.9 Å². The number of nitrogens with zero attached hydrogens (tertiary/aromatic N) is 2. The predicted molar refractivity (Wildman–Crippen MR) is 127 cm³/mol. The minimum absolute atomic E-state index is 0.397. The number of hydrogen-bond donors (Lipinski definition) is 2. The first kappa shape index (κ1) is 23.7. The number of benzene rings is 2. The highest BCUT2D eigenvalue weighted by Gasteiger charge is 2.21. The maximum Gasteiger partial charge on any atom is 0.412 e. The summed E-state index contributed by atoms with van der Waals surface area (Å²) in [5.41, 5.74) is 2.17. The maximum atomic E-state index is 12.4. The van der Waals surface area contributed by atoms with Crippen molar-refractivity contribution >= 4 is 23.6 Å². The molecule has 172 valence electrons. The summed E-state index contributed by atoms with van der Waals surface area (Å²) in [4.78, 5) is 33.3. The van der Waals surface area contributed by atoms with Gasteiger partial charge < -0.3 is 14.8 Å². The Morgan fingerprint density at radius 3 is 2.39 bits per heavy atom. The van der Waals surface area contributed by atoms with Crippen LogP contribution in [0, 0.1) is 0 Å². The van der Waals surface area contributed by atoms with Gasteiger partial charge in [-0.1, -0.05) is 48.5 Å². The van der Waals surface area contributed by atoms with E-state index in [1.165, 1.54) is 13.4 Å². The van der Waals surface area contributed by atoms with Crippen molar-refractivity contribution in [1.29, 1.82) is 0 Å². The van der Waals surface area contributed by atoms with E-state index >= 15 is 0 Å². The van der Waals surface area contributed by atoms with Crippen LogP contribution in [0.4, 0.5) is 16.3 Å². The van der Waals surface area contributed by atoms with E-state index in [1.807, 2.05) is 48.5 Å². The second kappa shape index (κ2) is 10.6. The van der Waals surface area contributed by atoms with Gasteiger partial charge in [0.05, 0.1) is 18.5 Å². The minimum atomic E-state index is -0.629. The van der Waals surface area contributed by atoms with Gasteiger partial charge in [-0.3, -0.25) is 5.32 Å². The number of nitrogens with one attached hydrogen (secondary N) is 2. The lowest BCUT2D eigenvalue weighted by Crippen LogP contribution is -2.33. The number of amides is 1.